The van der Waals surface area contributed by atoms with Crippen LogP contribution >= 0.6 is 0 Å². The van der Waals surface area contributed by atoms with Crippen LogP contribution in [0.4, 0.5) is 0 Å². The molecule has 9 atom stereocenters. The van der Waals surface area contributed by atoms with Crippen LogP contribution in [0.3, 0.4) is 0 Å². The van der Waals surface area contributed by atoms with Crippen LogP contribution in [0.1, 0.15) is 98.8 Å². The van der Waals surface area contributed by atoms with Gasteiger partial charge in [0.15, 0.2) is 0 Å². The molecule has 0 aliphatic heterocycles. The molecule has 0 heterocycles. The van der Waals surface area contributed by atoms with E-state index in [1.807, 2.05) is 0 Å². The summed E-state index contributed by atoms with van der Waals surface area (Å²) in [5.74, 6) is 5.24. The molecule has 0 amide bonds. The smallest absolute Gasteiger partial charge is 0.0582 e. The zero-order chi connectivity index (χ0) is 20.1. The van der Waals surface area contributed by atoms with Crippen molar-refractivity contribution in [2.45, 2.75) is 105 Å². The van der Waals surface area contributed by atoms with Crippen LogP contribution in [0.5, 0.6) is 0 Å². The first-order valence-electron chi connectivity index (χ1n) is 12.6. The lowest BCUT2D eigenvalue weighted by Crippen LogP contribution is -2.53. The maximum absolute atomic E-state index is 11.2. The minimum atomic E-state index is -0.0932. The second-order valence-electron chi connectivity index (χ2n) is 12.2. The molecule has 1 nitrogen and oxygen atoms in total. The lowest BCUT2D eigenvalue weighted by molar-refractivity contribution is -0.113. The van der Waals surface area contributed by atoms with Crippen LogP contribution in [-0.2, 0) is 0 Å². The lowest BCUT2D eigenvalue weighted by Gasteiger charge is -2.60. The van der Waals surface area contributed by atoms with E-state index in [9.17, 15) is 5.11 Å². The molecule has 0 saturated heterocycles. The third-order valence-corrected chi connectivity index (χ3v) is 10.3. The van der Waals surface area contributed by atoms with Crippen LogP contribution < -0.4 is 0 Å². The Morgan fingerprint density at radius 3 is 2.46 bits per heavy atom. The summed E-state index contributed by atoms with van der Waals surface area (Å²) in [6.45, 7) is 12.2. The van der Waals surface area contributed by atoms with Gasteiger partial charge in [-0.25, -0.2) is 0 Å². The Balaban J connectivity index is 1.55. The molecule has 4 fully saturated rings. The van der Waals surface area contributed by atoms with Crippen LogP contribution in [0, 0.1) is 52.3 Å². The van der Waals surface area contributed by atoms with E-state index in [0.29, 0.717) is 22.7 Å². The summed E-state index contributed by atoms with van der Waals surface area (Å²) >= 11 is 0. The maximum Gasteiger partial charge on any atom is 0.0582 e. The number of hydrogen-bond donors (Lipinski definition) is 1. The van der Waals surface area contributed by atoms with Crippen molar-refractivity contribution in [3.63, 3.8) is 0 Å². The SMILES string of the molecule is CC(C)CC=CC(C)C1C(O)CC2C3CCC4CCCCC4(C)C3CCC21C. The highest BCUT2D eigenvalue weighted by Gasteiger charge is 2.62. The number of aliphatic hydroxyl groups excluding tert-OH is 1. The van der Waals surface area contributed by atoms with E-state index in [1.54, 1.807) is 0 Å². The molecule has 4 aliphatic rings. The van der Waals surface area contributed by atoms with Gasteiger partial charge in [0.2, 0.25) is 0 Å². The van der Waals surface area contributed by atoms with Gasteiger partial charge in [0.25, 0.3) is 0 Å². The van der Waals surface area contributed by atoms with Crippen molar-refractivity contribution in [2.75, 3.05) is 0 Å². The molecule has 1 heteroatoms. The summed E-state index contributed by atoms with van der Waals surface area (Å²) in [4.78, 5) is 0. The zero-order valence-electron chi connectivity index (χ0n) is 19.3. The van der Waals surface area contributed by atoms with Crippen molar-refractivity contribution in [2.24, 2.45) is 52.3 Å². The standard InChI is InChI=1S/C27H46O/c1-18(2)9-8-10-19(3)25-24(28)17-23-21-13-12-20-11-6-7-15-26(20,4)22(21)14-16-27(23,25)5/h8,10,18-25,28H,6-7,9,11-17H2,1-5H3. The van der Waals surface area contributed by atoms with Crippen molar-refractivity contribution in [1.82, 2.24) is 0 Å². The zero-order valence-corrected chi connectivity index (χ0v) is 19.3. The van der Waals surface area contributed by atoms with Gasteiger partial charge in [-0.15, -0.1) is 0 Å². The third-order valence-electron chi connectivity index (χ3n) is 10.3. The summed E-state index contributed by atoms with van der Waals surface area (Å²) in [5, 5.41) is 11.2. The predicted molar refractivity (Wildman–Crippen MR) is 119 cm³/mol. The van der Waals surface area contributed by atoms with Gasteiger partial charge in [0.1, 0.15) is 0 Å². The average molecular weight is 387 g/mol. The Bertz CT molecular complexity index is 579. The summed E-state index contributed by atoms with van der Waals surface area (Å²) in [5.41, 5.74) is 0.953. The number of allylic oxidation sites excluding steroid dienone is 2. The number of aliphatic hydroxyl groups is 1. The van der Waals surface area contributed by atoms with E-state index < -0.39 is 0 Å². The Kier molecular flexibility index (Phi) is 5.80. The fraction of sp³-hybridized carbons (Fsp3) is 0.926. The van der Waals surface area contributed by atoms with E-state index in [-0.39, 0.29) is 6.10 Å². The van der Waals surface area contributed by atoms with Crippen molar-refractivity contribution < 1.29 is 5.11 Å². The van der Waals surface area contributed by atoms with Gasteiger partial charge in [-0.3, -0.25) is 0 Å². The molecule has 0 aromatic rings. The predicted octanol–water partition coefficient (Wildman–Crippen LogP) is 7.24. The van der Waals surface area contributed by atoms with Gasteiger partial charge in [0, 0.05) is 0 Å². The van der Waals surface area contributed by atoms with Crippen molar-refractivity contribution in [3.05, 3.63) is 12.2 Å². The third kappa shape index (κ3) is 3.32. The van der Waals surface area contributed by atoms with Crippen LogP contribution in [0.25, 0.3) is 0 Å². The summed E-state index contributed by atoms with van der Waals surface area (Å²) < 4.78 is 0. The minimum absolute atomic E-state index is 0.0932. The second kappa shape index (κ2) is 7.75. The van der Waals surface area contributed by atoms with E-state index in [1.165, 1.54) is 51.4 Å². The second-order valence-corrected chi connectivity index (χ2v) is 12.2. The largest absolute Gasteiger partial charge is 0.393 e. The summed E-state index contributed by atoms with van der Waals surface area (Å²) in [7, 11) is 0. The van der Waals surface area contributed by atoms with Crippen molar-refractivity contribution in [1.29, 1.82) is 0 Å². The van der Waals surface area contributed by atoms with Gasteiger partial charge in [-0.05, 0) is 104 Å². The first-order valence-corrected chi connectivity index (χ1v) is 12.6. The highest BCUT2D eigenvalue weighted by Crippen LogP contribution is 2.68. The molecule has 0 spiro atoms. The fourth-order valence-electron chi connectivity index (χ4n) is 8.98. The molecule has 4 aliphatic carbocycles. The van der Waals surface area contributed by atoms with Crippen molar-refractivity contribution in [3.8, 4) is 0 Å². The minimum Gasteiger partial charge on any atom is -0.393 e. The molecule has 0 aromatic heterocycles. The molecular weight excluding hydrogens is 340 g/mol. The molecule has 1 N–H and O–H groups in total. The highest BCUT2D eigenvalue weighted by molar-refractivity contribution is 5.13. The molecule has 160 valence electrons. The van der Waals surface area contributed by atoms with Crippen LogP contribution in [0.2, 0.25) is 0 Å². The Morgan fingerprint density at radius 2 is 1.71 bits per heavy atom. The molecule has 0 bridgehead atoms. The molecular formula is C27H46O. The molecule has 0 radical (unpaired) electrons. The molecule has 4 rings (SSSR count). The lowest BCUT2D eigenvalue weighted by atomic mass is 9.44. The Morgan fingerprint density at radius 1 is 0.929 bits per heavy atom. The van der Waals surface area contributed by atoms with Gasteiger partial charge in [-0.2, -0.15) is 0 Å². The monoisotopic (exact) mass is 386 g/mol. The van der Waals surface area contributed by atoms with E-state index in [2.05, 4.69) is 46.8 Å². The van der Waals surface area contributed by atoms with Gasteiger partial charge in [-0.1, -0.05) is 59.6 Å². The van der Waals surface area contributed by atoms with Crippen LogP contribution in [0.15, 0.2) is 12.2 Å². The first kappa shape index (κ1) is 21.0. The molecule has 9 unspecified atom stereocenters. The van der Waals surface area contributed by atoms with Gasteiger partial charge >= 0.3 is 0 Å². The normalized spacial score (nSPS) is 49.7. The molecule has 4 saturated carbocycles. The van der Waals surface area contributed by atoms with E-state index in [4.69, 9.17) is 0 Å². The fourth-order valence-corrected chi connectivity index (χ4v) is 8.98. The van der Waals surface area contributed by atoms with E-state index in [0.717, 1.165) is 42.4 Å². The molecule has 28 heavy (non-hydrogen) atoms. The summed E-state index contributed by atoms with van der Waals surface area (Å²) in [6, 6.07) is 0. The van der Waals surface area contributed by atoms with Gasteiger partial charge in [0.05, 0.1) is 6.10 Å². The number of hydrogen-bond acceptors (Lipinski definition) is 1. The van der Waals surface area contributed by atoms with Crippen LogP contribution in [-0.4, -0.2) is 11.2 Å². The Hall–Kier alpha value is -0.300. The summed E-state index contributed by atoms with van der Waals surface area (Å²) in [6.07, 6.45) is 18.6. The van der Waals surface area contributed by atoms with Crippen molar-refractivity contribution >= 4 is 0 Å². The topological polar surface area (TPSA) is 20.2 Å². The maximum atomic E-state index is 11.2. The average Bonchev–Trinajstić information content (AvgIpc) is 2.91. The van der Waals surface area contributed by atoms with E-state index >= 15 is 0 Å². The molecule has 0 aromatic carbocycles. The number of fused-ring (bicyclic) bond motifs is 5. The highest BCUT2D eigenvalue weighted by atomic mass is 16.3. The quantitative estimate of drug-likeness (QED) is 0.505. The first-order chi connectivity index (χ1) is 13.3. The Labute approximate surface area is 174 Å². The van der Waals surface area contributed by atoms with Gasteiger partial charge < -0.3 is 5.11 Å². The number of rotatable bonds is 4.